The molecule has 87 heavy (non-hydrogen) atoms. The summed E-state index contributed by atoms with van der Waals surface area (Å²) in [5.74, 6) is -0.645. The molecule has 0 aliphatic rings. The van der Waals surface area contributed by atoms with Crippen molar-refractivity contribution in [3.63, 3.8) is 0 Å². The quantitative estimate of drug-likeness (QED) is 0.0222. The topological polar surface area (TPSA) is 237 Å². The highest BCUT2D eigenvalue weighted by molar-refractivity contribution is 7.47. The van der Waals surface area contributed by atoms with E-state index in [0.717, 1.165) is 102 Å². The van der Waals surface area contributed by atoms with Crippen LogP contribution in [0.3, 0.4) is 0 Å². The standard InChI is InChI=1S/C68H132O17P2/c1-7-10-12-14-16-18-20-21-22-23-28-31-38-44-50-65(70)78-56-63(84-68(73)53-47-41-33-29-25-24-26-30-37-43-49-61(6)9-3)58-82-86(74,75)80-54-62(69)55-81-87(76,77)83-59-64(57-79-66(71)51-45-39-35-34-36-42-48-60(4)5)85-67(72)52-46-40-32-27-19-17-15-13-11-8-2/h60-64,69H,7-59H2,1-6H3,(H,74,75)(H,76,77)/t61?,62-,63-,64-/m1/s1. The first-order chi connectivity index (χ1) is 41.9. The predicted molar refractivity (Wildman–Crippen MR) is 349 cm³/mol. The average Bonchev–Trinajstić information content (AvgIpc) is 3.67. The van der Waals surface area contributed by atoms with Crippen LogP contribution in [0, 0.1) is 11.8 Å². The van der Waals surface area contributed by atoms with Crippen LogP contribution < -0.4 is 0 Å². The van der Waals surface area contributed by atoms with E-state index in [-0.39, 0.29) is 25.7 Å². The molecule has 3 N–H and O–H groups in total. The summed E-state index contributed by atoms with van der Waals surface area (Å²) in [6.45, 7) is 9.47. The molecule has 0 saturated heterocycles. The van der Waals surface area contributed by atoms with Crippen molar-refractivity contribution in [1.82, 2.24) is 0 Å². The molecule has 0 aromatic heterocycles. The second-order valence-corrected chi connectivity index (χ2v) is 28.2. The smallest absolute Gasteiger partial charge is 0.462 e. The minimum absolute atomic E-state index is 0.105. The summed E-state index contributed by atoms with van der Waals surface area (Å²) in [5.41, 5.74) is 0. The van der Waals surface area contributed by atoms with Crippen LogP contribution in [0.15, 0.2) is 0 Å². The molecule has 0 rings (SSSR count). The summed E-state index contributed by atoms with van der Waals surface area (Å²) in [5, 5.41) is 10.6. The van der Waals surface area contributed by atoms with E-state index in [1.807, 2.05) is 0 Å². The van der Waals surface area contributed by atoms with Gasteiger partial charge in [-0.15, -0.1) is 0 Å². The van der Waals surface area contributed by atoms with Crippen LogP contribution in [-0.2, 0) is 65.4 Å². The first-order valence-electron chi connectivity index (χ1n) is 35.5. The number of unbranched alkanes of at least 4 members (excludes halogenated alkanes) is 36. The Kier molecular flexibility index (Phi) is 59.0. The SMILES string of the molecule is CCCCCCCCCCCCCCCCC(=O)OC[C@H](COP(=O)(O)OC[C@@H](O)COP(=O)(O)OC[C@@H](COC(=O)CCCCCCCCC(C)C)OC(=O)CCCCCCCCCCCC)OC(=O)CCCCCCCCCCCCC(C)CC. The minimum Gasteiger partial charge on any atom is -0.462 e. The molecule has 17 nitrogen and oxygen atoms in total. The number of carbonyl (C=O) groups excluding carboxylic acids is 4. The van der Waals surface area contributed by atoms with Crippen LogP contribution in [0.25, 0.3) is 0 Å². The summed E-state index contributed by atoms with van der Waals surface area (Å²) in [6, 6.07) is 0. The van der Waals surface area contributed by atoms with Crippen molar-refractivity contribution in [3.8, 4) is 0 Å². The molecule has 0 aliphatic heterocycles. The number of hydrogen-bond donors (Lipinski definition) is 3. The van der Waals surface area contributed by atoms with Crippen LogP contribution >= 0.6 is 15.6 Å². The summed E-state index contributed by atoms with van der Waals surface area (Å²) in [4.78, 5) is 72.4. The Balaban J connectivity index is 5.24. The molecule has 19 heteroatoms. The molecular weight excluding hydrogens is 1150 g/mol. The molecule has 0 bridgehead atoms. The van der Waals surface area contributed by atoms with E-state index in [4.69, 9.17) is 37.0 Å². The highest BCUT2D eigenvalue weighted by atomic mass is 31.2. The minimum atomic E-state index is -4.95. The molecule has 0 spiro atoms. The lowest BCUT2D eigenvalue weighted by Gasteiger charge is -2.21. The van der Waals surface area contributed by atoms with Gasteiger partial charge in [0.25, 0.3) is 0 Å². The van der Waals surface area contributed by atoms with Gasteiger partial charge in [0.05, 0.1) is 26.4 Å². The van der Waals surface area contributed by atoms with Gasteiger partial charge in [-0.2, -0.15) is 0 Å². The fraction of sp³-hybridized carbons (Fsp3) is 0.941. The highest BCUT2D eigenvalue weighted by Crippen LogP contribution is 2.45. The molecule has 0 fully saturated rings. The number of carbonyl (C=O) groups is 4. The number of hydrogen-bond acceptors (Lipinski definition) is 15. The lowest BCUT2D eigenvalue weighted by atomic mass is 9.99. The van der Waals surface area contributed by atoms with Crippen LogP contribution in [0.2, 0.25) is 0 Å². The maximum Gasteiger partial charge on any atom is 0.472 e. The van der Waals surface area contributed by atoms with Gasteiger partial charge in [-0.25, -0.2) is 9.13 Å². The number of phosphoric acid groups is 2. The van der Waals surface area contributed by atoms with Crippen molar-refractivity contribution in [2.45, 2.75) is 362 Å². The van der Waals surface area contributed by atoms with Gasteiger partial charge in [-0.3, -0.25) is 37.3 Å². The van der Waals surface area contributed by atoms with Crippen LogP contribution in [0.5, 0.6) is 0 Å². The fourth-order valence-corrected chi connectivity index (χ4v) is 11.8. The van der Waals surface area contributed by atoms with Crippen molar-refractivity contribution in [2.24, 2.45) is 11.8 Å². The zero-order valence-electron chi connectivity index (χ0n) is 56.3. The molecule has 0 aromatic carbocycles. The number of aliphatic hydroxyl groups is 1. The molecule has 0 radical (unpaired) electrons. The fourth-order valence-electron chi connectivity index (χ4n) is 10.2. The molecule has 6 atom stereocenters. The third-order valence-electron chi connectivity index (χ3n) is 16.1. The van der Waals surface area contributed by atoms with Gasteiger partial charge in [0.15, 0.2) is 12.2 Å². The first-order valence-corrected chi connectivity index (χ1v) is 38.5. The Morgan fingerprint density at radius 2 is 0.586 bits per heavy atom. The van der Waals surface area contributed by atoms with Gasteiger partial charge in [0.2, 0.25) is 0 Å². The molecular formula is C68H132O17P2. The summed E-state index contributed by atoms with van der Waals surface area (Å²) < 4.78 is 68.2. The van der Waals surface area contributed by atoms with Crippen LogP contribution in [0.1, 0.15) is 343 Å². The van der Waals surface area contributed by atoms with Crippen molar-refractivity contribution in [2.75, 3.05) is 39.6 Å². The lowest BCUT2D eigenvalue weighted by Crippen LogP contribution is -2.30. The number of phosphoric ester groups is 2. The Bertz CT molecular complexity index is 1700. The van der Waals surface area contributed by atoms with Crippen molar-refractivity contribution in [3.05, 3.63) is 0 Å². The largest absolute Gasteiger partial charge is 0.472 e. The molecule has 0 saturated carbocycles. The maximum atomic E-state index is 13.0. The third kappa shape index (κ3) is 61.3. The Labute approximate surface area is 530 Å². The van der Waals surface area contributed by atoms with E-state index in [1.54, 1.807) is 0 Å². The number of ether oxygens (including phenoxy) is 4. The molecule has 0 amide bonds. The summed E-state index contributed by atoms with van der Waals surface area (Å²) in [6.07, 6.45) is 44.4. The van der Waals surface area contributed by atoms with Gasteiger partial charge < -0.3 is 33.8 Å². The Morgan fingerprint density at radius 1 is 0.333 bits per heavy atom. The average molecular weight is 1280 g/mol. The van der Waals surface area contributed by atoms with Crippen molar-refractivity contribution in [1.29, 1.82) is 0 Å². The predicted octanol–water partition coefficient (Wildman–Crippen LogP) is 19.2. The van der Waals surface area contributed by atoms with Gasteiger partial charge in [-0.05, 0) is 37.5 Å². The second-order valence-electron chi connectivity index (χ2n) is 25.3. The van der Waals surface area contributed by atoms with Crippen LogP contribution in [0.4, 0.5) is 0 Å². The molecule has 516 valence electrons. The van der Waals surface area contributed by atoms with E-state index in [0.29, 0.717) is 31.6 Å². The van der Waals surface area contributed by atoms with E-state index in [2.05, 4.69) is 41.5 Å². The molecule has 0 heterocycles. The third-order valence-corrected chi connectivity index (χ3v) is 18.0. The maximum absolute atomic E-state index is 13.0. The van der Waals surface area contributed by atoms with E-state index in [1.165, 1.54) is 154 Å². The first kappa shape index (κ1) is 85.1. The van der Waals surface area contributed by atoms with E-state index in [9.17, 15) is 43.2 Å². The van der Waals surface area contributed by atoms with E-state index < -0.39 is 97.5 Å². The van der Waals surface area contributed by atoms with Gasteiger partial charge in [0.1, 0.15) is 19.3 Å². The van der Waals surface area contributed by atoms with Gasteiger partial charge >= 0.3 is 39.5 Å². The monoisotopic (exact) mass is 1280 g/mol. The summed E-state index contributed by atoms with van der Waals surface area (Å²) in [7, 11) is -9.89. The highest BCUT2D eigenvalue weighted by Gasteiger charge is 2.30. The van der Waals surface area contributed by atoms with E-state index >= 15 is 0 Å². The normalized spacial score (nSPS) is 14.5. The summed E-state index contributed by atoms with van der Waals surface area (Å²) >= 11 is 0. The Hall–Kier alpha value is -1.94. The van der Waals surface area contributed by atoms with Gasteiger partial charge in [-0.1, -0.05) is 292 Å². The van der Waals surface area contributed by atoms with Crippen molar-refractivity contribution < 1.29 is 80.2 Å². The number of esters is 4. The van der Waals surface area contributed by atoms with Gasteiger partial charge in [0, 0.05) is 25.7 Å². The molecule has 3 unspecified atom stereocenters. The zero-order valence-corrected chi connectivity index (χ0v) is 58.1. The number of rotatable bonds is 67. The number of aliphatic hydroxyl groups excluding tert-OH is 1. The van der Waals surface area contributed by atoms with Crippen molar-refractivity contribution >= 4 is 39.5 Å². The lowest BCUT2D eigenvalue weighted by molar-refractivity contribution is -0.161. The Morgan fingerprint density at radius 3 is 0.874 bits per heavy atom. The molecule has 0 aromatic rings. The van der Waals surface area contributed by atoms with Crippen LogP contribution in [-0.4, -0.2) is 96.7 Å². The molecule has 0 aliphatic carbocycles. The zero-order chi connectivity index (χ0) is 64.3. The second kappa shape index (κ2) is 60.3.